The van der Waals surface area contributed by atoms with Gasteiger partial charge in [0.1, 0.15) is 0 Å². The van der Waals surface area contributed by atoms with Crippen molar-refractivity contribution >= 4 is 0 Å². The van der Waals surface area contributed by atoms with Crippen LogP contribution in [-0.4, -0.2) is 58.6 Å². The predicted molar refractivity (Wildman–Crippen MR) is 86.9 cm³/mol. The second-order valence-electron chi connectivity index (χ2n) is 3.62. The van der Waals surface area contributed by atoms with Crippen LogP contribution in [0.3, 0.4) is 0 Å². The summed E-state index contributed by atoms with van der Waals surface area (Å²) in [5, 5.41) is 39.4. The quantitative estimate of drug-likeness (QED) is 0.460. The molecule has 0 saturated heterocycles. The molecule has 0 bridgehead atoms. The van der Waals surface area contributed by atoms with Crippen molar-refractivity contribution in [1.29, 1.82) is 0 Å². The van der Waals surface area contributed by atoms with Crippen LogP contribution in [0.25, 0.3) is 0 Å². The summed E-state index contributed by atoms with van der Waals surface area (Å²) in [4.78, 5) is 0. The monoisotopic (exact) mass is 393 g/mol. The number of hydrogen-bond donors (Lipinski definition) is 5. The summed E-state index contributed by atoms with van der Waals surface area (Å²) in [7, 11) is 0. The summed E-state index contributed by atoms with van der Waals surface area (Å²) in [6, 6.07) is 0. The first kappa shape index (κ1) is 37.6. The maximum Gasteiger partial charge on any atom is 0.0428 e. The molecule has 1 radical (unpaired) electrons. The number of rotatable bonds is 5. The normalized spacial score (nSPS) is 7.14. The molecule has 0 rings (SSSR count). The van der Waals surface area contributed by atoms with Crippen LogP contribution in [0.5, 0.6) is 0 Å². The van der Waals surface area contributed by atoms with Crippen molar-refractivity contribution in [2.24, 2.45) is 0 Å². The second-order valence-corrected chi connectivity index (χ2v) is 3.62. The van der Waals surface area contributed by atoms with E-state index in [9.17, 15) is 0 Å². The topological polar surface area (TPSA) is 101 Å². The van der Waals surface area contributed by atoms with Crippen LogP contribution in [0.2, 0.25) is 0 Å². The Morgan fingerprint density at radius 3 is 0.429 bits per heavy atom. The average molecular weight is 393 g/mol. The summed E-state index contributed by atoms with van der Waals surface area (Å²) in [6.07, 6.45) is 4.38. The first-order valence-electron chi connectivity index (χ1n) is 7.62. The Morgan fingerprint density at radius 1 is 0.381 bits per heavy atom. The molecule has 0 aliphatic carbocycles. The Morgan fingerprint density at radius 2 is 0.429 bits per heavy atom. The molecule has 0 heterocycles. The Balaban J connectivity index is -0.0000000331. The van der Waals surface area contributed by atoms with Gasteiger partial charge in [-0.25, -0.2) is 0 Å². The minimum atomic E-state index is 0. The van der Waals surface area contributed by atoms with E-state index in [1.54, 1.807) is 0 Å². The maximum atomic E-state index is 7.88. The van der Waals surface area contributed by atoms with Crippen LogP contribution < -0.4 is 0 Å². The van der Waals surface area contributed by atoms with Gasteiger partial charge in [-0.15, -0.1) is 0 Å². The predicted octanol–water partition coefficient (Wildman–Crippen LogP) is 1.94. The van der Waals surface area contributed by atoms with Crippen molar-refractivity contribution in [3.05, 3.63) is 0 Å². The van der Waals surface area contributed by atoms with Crippen LogP contribution in [0, 0.1) is 0 Å². The summed E-state index contributed by atoms with van der Waals surface area (Å²) in [6.45, 7) is 11.2. The number of aliphatic hydroxyl groups is 5. The molecular formula is C15H40NbO5. The Bertz CT molecular complexity index is 55.2. The summed E-state index contributed by atoms with van der Waals surface area (Å²) < 4.78 is 0. The van der Waals surface area contributed by atoms with E-state index in [-0.39, 0.29) is 22.4 Å². The molecule has 0 saturated carbocycles. The van der Waals surface area contributed by atoms with Gasteiger partial charge in [0.05, 0.1) is 0 Å². The van der Waals surface area contributed by atoms with Gasteiger partial charge in [0.2, 0.25) is 0 Å². The third-order valence-electron chi connectivity index (χ3n) is 1.12. The van der Waals surface area contributed by atoms with E-state index in [0.717, 1.165) is 32.1 Å². The second kappa shape index (κ2) is 70.6. The van der Waals surface area contributed by atoms with Crippen molar-refractivity contribution in [1.82, 2.24) is 0 Å². The molecule has 0 atom stereocenters. The van der Waals surface area contributed by atoms with Crippen LogP contribution in [0.4, 0.5) is 0 Å². The van der Waals surface area contributed by atoms with Gasteiger partial charge in [-0.2, -0.15) is 0 Å². The minimum absolute atomic E-state index is 0. The van der Waals surface area contributed by atoms with Gasteiger partial charge in [0.25, 0.3) is 0 Å². The molecule has 6 heteroatoms. The summed E-state index contributed by atoms with van der Waals surface area (Å²) in [5.41, 5.74) is 0. The minimum Gasteiger partial charge on any atom is -0.396 e. The van der Waals surface area contributed by atoms with Gasteiger partial charge >= 0.3 is 0 Å². The van der Waals surface area contributed by atoms with Gasteiger partial charge in [0.15, 0.2) is 0 Å². The van der Waals surface area contributed by atoms with E-state index in [1.165, 1.54) is 0 Å². The Kier molecular flexibility index (Phi) is 127. The fourth-order valence-electron chi connectivity index (χ4n) is 0. The van der Waals surface area contributed by atoms with E-state index in [4.69, 9.17) is 25.5 Å². The number of aliphatic hydroxyl groups excluding tert-OH is 5. The van der Waals surface area contributed by atoms with Gasteiger partial charge < -0.3 is 25.5 Å². The average Bonchev–Trinajstić information content (AvgIpc) is 2.55. The molecule has 0 fully saturated rings. The third-order valence-corrected chi connectivity index (χ3v) is 1.12. The first-order chi connectivity index (χ1) is 9.57. The molecule has 5 N–H and O–H groups in total. The largest absolute Gasteiger partial charge is 0.396 e. The first-order valence-corrected chi connectivity index (χ1v) is 7.62. The van der Waals surface area contributed by atoms with Gasteiger partial charge in [0, 0.05) is 55.4 Å². The van der Waals surface area contributed by atoms with Crippen LogP contribution >= 0.6 is 0 Å². The molecule has 135 valence electrons. The van der Waals surface area contributed by atoms with E-state index < -0.39 is 0 Å². The molecule has 0 aliphatic heterocycles. The SMILES string of the molecule is CCCO.CCCO.CCCO.CCCO.CCCO.[Nb]. The smallest absolute Gasteiger partial charge is 0.0428 e. The molecule has 5 nitrogen and oxygen atoms in total. The van der Waals surface area contributed by atoms with Crippen molar-refractivity contribution in [3.63, 3.8) is 0 Å². The molecule has 0 aliphatic rings. The third kappa shape index (κ3) is 230. The van der Waals surface area contributed by atoms with Crippen molar-refractivity contribution < 1.29 is 47.9 Å². The zero-order valence-electron chi connectivity index (χ0n) is 14.8. The van der Waals surface area contributed by atoms with Gasteiger partial charge in [-0.3, -0.25) is 0 Å². The maximum absolute atomic E-state index is 7.88. The zero-order chi connectivity index (χ0) is 17.1. The molecule has 0 unspecified atom stereocenters. The molecule has 0 amide bonds. The zero-order valence-corrected chi connectivity index (χ0v) is 17.0. The van der Waals surface area contributed by atoms with Gasteiger partial charge in [-0.1, -0.05) is 34.6 Å². The van der Waals surface area contributed by atoms with E-state index in [0.29, 0.717) is 33.0 Å². The van der Waals surface area contributed by atoms with E-state index in [2.05, 4.69) is 0 Å². The van der Waals surface area contributed by atoms with Crippen molar-refractivity contribution in [2.75, 3.05) is 33.0 Å². The molecular weight excluding hydrogens is 353 g/mol. The van der Waals surface area contributed by atoms with E-state index >= 15 is 0 Å². The molecule has 0 spiro atoms. The summed E-state index contributed by atoms with van der Waals surface area (Å²) in [5.74, 6) is 0. The molecule has 0 aromatic carbocycles. The van der Waals surface area contributed by atoms with Crippen LogP contribution in [0.1, 0.15) is 66.7 Å². The summed E-state index contributed by atoms with van der Waals surface area (Å²) >= 11 is 0. The van der Waals surface area contributed by atoms with Crippen LogP contribution in [0.15, 0.2) is 0 Å². The molecule has 0 aromatic heterocycles. The molecule has 21 heavy (non-hydrogen) atoms. The van der Waals surface area contributed by atoms with Gasteiger partial charge in [-0.05, 0) is 32.1 Å². The number of hydrogen-bond acceptors (Lipinski definition) is 5. The van der Waals surface area contributed by atoms with E-state index in [1.807, 2.05) is 34.6 Å². The Hall–Kier alpha value is 0.540. The standard InChI is InChI=1S/5C3H8O.Nb/c5*1-2-3-4;/h5*4H,2-3H2,1H3;. The Labute approximate surface area is 147 Å². The van der Waals surface area contributed by atoms with Crippen molar-refractivity contribution in [3.8, 4) is 0 Å². The van der Waals surface area contributed by atoms with Crippen molar-refractivity contribution in [2.45, 2.75) is 66.7 Å². The fraction of sp³-hybridized carbons (Fsp3) is 1.00. The van der Waals surface area contributed by atoms with Crippen LogP contribution in [-0.2, 0) is 22.4 Å². The molecule has 0 aromatic rings. The fourth-order valence-corrected chi connectivity index (χ4v) is 0.